The number of hydrogen-bond donors (Lipinski definition) is 1. The van der Waals surface area contributed by atoms with Crippen LogP contribution in [0.2, 0.25) is 0 Å². The van der Waals surface area contributed by atoms with Gasteiger partial charge in [0.2, 0.25) is 0 Å². The molecule has 106 valence electrons. The van der Waals surface area contributed by atoms with Gasteiger partial charge in [0.05, 0.1) is 0 Å². The van der Waals surface area contributed by atoms with Gasteiger partial charge in [-0.05, 0) is 33.6 Å². The molecule has 0 aromatic rings. The molecule has 0 saturated carbocycles. The Bertz CT molecular complexity index is 379. The lowest BCUT2D eigenvalue weighted by Gasteiger charge is -2.29. The summed E-state index contributed by atoms with van der Waals surface area (Å²) in [6.45, 7) is 5.64. The van der Waals surface area contributed by atoms with E-state index in [-0.39, 0.29) is 17.9 Å². The number of carbonyl (C=O) groups excluding carboxylic acids is 1. The van der Waals surface area contributed by atoms with E-state index in [4.69, 9.17) is 0 Å². The Morgan fingerprint density at radius 2 is 2.00 bits per heavy atom. The summed E-state index contributed by atoms with van der Waals surface area (Å²) in [5.74, 6) is 0.0478. The number of hydrogen-bond acceptors (Lipinski definition) is 3. The molecule has 0 aromatic heterocycles. The van der Waals surface area contributed by atoms with Gasteiger partial charge in [0, 0.05) is 25.0 Å². The minimum Gasteiger partial charge on any atom is -0.300 e. The third-order valence-electron chi connectivity index (χ3n) is 3.04. The number of nitrogens with zero attached hydrogens (tertiary/aromatic N) is 1. The van der Waals surface area contributed by atoms with Gasteiger partial charge >= 0.3 is 0 Å². The van der Waals surface area contributed by atoms with Crippen molar-refractivity contribution in [1.82, 2.24) is 9.03 Å². The van der Waals surface area contributed by atoms with Crippen LogP contribution < -0.4 is 4.72 Å². The maximum Gasteiger partial charge on any atom is 0.279 e. The van der Waals surface area contributed by atoms with E-state index in [2.05, 4.69) is 4.72 Å². The van der Waals surface area contributed by atoms with E-state index in [0.717, 1.165) is 25.7 Å². The van der Waals surface area contributed by atoms with Gasteiger partial charge in [0.15, 0.2) is 0 Å². The van der Waals surface area contributed by atoms with Crippen molar-refractivity contribution in [3.05, 3.63) is 0 Å². The van der Waals surface area contributed by atoms with Crippen molar-refractivity contribution in [2.24, 2.45) is 0 Å². The summed E-state index contributed by atoms with van der Waals surface area (Å²) >= 11 is 0. The van der Waals surface area contributed by atoms with Gasteiger partial charge in [0.1, 0.15) is 5.78 Å². The molecule has 1 unspecified atom stereocenters. The molecule has 1 atom stereocenters. The molecule has 0 aliphatic carbocycles. The third-order valence-corrected chi connectivity index (χ3v) is 4.91. The van der Waals surface area contributed by atoms with E-state index >= 15 is 0 Å². The van der Waals surface area contributed by atoms with Crippen molar-refractivity contribution in [2.75, 3.05) is 6.54 Å². The highest BCUT2D eigenvalue weighted by atomic mass is 32.2. The molecular formula is C12H24N2O3S. The van der Waals surface area contributed by atoms with E-state index in [9.17, 15) is 13.2 Å². The summed E-state index contributed by atoms with van der Waals surface area (Å²) in [6, 6.07) is -0.308. The maximum atomic E-state index is 12.2. The first-order chi connectivity index (χ1) is 8.33. The number of carbonyl (C=O) groups is 1. The fourth-order valence-electron chi connectivity index (χ4n) is 2.37. The molecule has 1 aliphatic rings. The molecule has 5 nitrogen and oxygen atoms in total. The molecule has 0 aromatic carbocycles. The molecule has 1 aliphatic heterocycles. The van der Waals surface area contributed by atoms with Crippen LogP contribution in [-0.4, -0.2) is 37.1 Å². The van der Waals surface area contributed by atoms with Crippen molar-refractivity contribution in [3.63, 3.8) is 0 Å². The quantitative estimate of drug-likeness (QED) is 0.826. The largest absolute Gasteiger partial charge is 0.300 e. The van der Waals surface area contributed by atoms with E-state index in [1.165, 1.54) is 11.2 Å². The smallest absolute Gasteiger partial charge is 0.279 e. The second kappa shape index (κ2) is 6.63. The molecule has 0 radical (unpaired) electrons. The Hall–Kier alpha value is -0.460. The first-order valence-electron chi connectivity index (χ1n) is 6.61. The maximum absolute atomic E-state index is 12.2. The topological polar surface area (TPSA) is 66.5 Å². The van der Waals surface area contributed by atoms with Crippen molar-refractivity contribution < 1.29 is 13.2 Å². The predicted molar refractivity (Wildman–Crippen MR) is 71.5 cm³/mol. The summed E-state index contributed by atoms with van der Waals surface area (Å²) in [5, 5.41) is 0. The standard InChI is InChI=1S/C12H24N2O3S/c1-10(2)13-18(16,17)14-8-6-4-5-7-12(14)9-11(3)15/h10,12-13H,4-9H2,1-3H3. The van der Waals surface area contributed by atoms with E-state index < -0.39 is 10.2 Å². The normalized spacial score (nSPS) is 23.0. The Labute approximate surface area is 110 Å². The molecule has 18 heavy (non-hydrogen) atoms. The molecule has 6 heteroatoms. The molecule has 0 spiro atoms. The highest BCUT2D eigenvalue weighted by Gasteiger charge is 2.31. The van der Waals surface area contributed by atoms with Crippen molar-refractivity contribution >= 4 is 16.0 Å². The van der Waals surface area contributed by atoms with Gasteiger partial charge in [-0.15, -0.1) is 0 Å². The first kappa shape index (κ1) is 15.6. The zero-order valence-corrected chi connectivity index (χ0v) is 12.3. The zero-order valence-electron chi connectivity index (χ0n) is 11.5. The molecule has 1 saturated heterocycles. The zero-order chi connectivity index (χ0) is 13.8. The molecule has 1 heterocycles. The van der Waals surface area contributed by atoms with Crippen LogP contribution in [0, 0.1) is 0 Å². The summed E-state index contributed by atoms with van der Waals surface area (Å²) in [7, 11) is -3.47. The van der Waals surface area contributed by atoms with Crippen LogP contribution in [-0.2, 0) is 15.0 Å². The number of rotatable bonds is 5. The van der Waals surface area contributed by atoms with Crippen LogP contribution >= 0.6 is 0 Å². The van der Waals surface area contributed by atoms with Gasteiger partial charge in [-0.3, -0.25) is 4.79 Å². The molecule has 0 bridgehead atoms. The Morgan fingerprint density at radius 1 is 1.33 bits per heavy atom. The van der Waals surface area contributed by atoms with Crippen LogP contribution in [0.5, 0.6) is 0 Å². The second-order valence-corrected chi connectivity index (χ2v) is 6.95. The van der Waals surface area contributed by atoms with Gasteiger partial charge in [-0.25, -0.2) is 0 Å². The van der Waals surface area contributed by atoms with Crippen molar-refractivity contribution in [2.45, 2.75) is 65.0 Å². The average Bonchev–Trinajstić information content (AvgIpc) is 2.40. The van der Waals surface area contributed by atoms with Gasteiger partial charge < -0.3 is 0 Å². The highest BCUT2D eigenvalue weighted by Crippen LogP contribution is 2.22. The monoisotopic (exact) mass is 276 g/mol. The average molecular weight is 276 g/mol. The Balaban J connectivity index is 2.87. The van der Waals surface area contributed by atoms with Crippen LogP contribution in [0.25, 0.3) is 0 Å². The number of Topliss-reactive ketones (excluding diaryl/α,β-unsaturated/α-hetero) is 1. The molecular weight excluding hydrogens is 252 g/mol. The van der Waals surface area contributed by atoms with Gasteiger partial charge in [-0.1, -0.05) is 12.8 Å². The second-order valence-electron chi connectivity index (χ2n) is 5.30. The van der Waals surface area contributed by atoms with Crippen LogP contribution in [0.1, 0.15) is 52.9 Å². The minimum absolute atomic E-state index is 0.0478. The number of nitrogens with one attached hydrogen (secondary N) is 1. The van der Waals surface area contributed by atoms with Crippen LogP contribution in [0.4, 0.5) is 0 Å². The van der Waals surface area contributed by atoms with Gasteiger partial charge in [0.25, 0.3) is 10.2 Å². The fourth-order valence-corrected chi connectivity index (χ4v) is 4.04. The third kappa shape index (κ3) is 4.66. The van der Waals surface area contributed by atoms with Crippen LogP contribution in [0.3, 0.4) is 0 Å². The lowest BCUT2D eigenvalue weighted by molar-refractivity contribution is -0.117. The van der Waals surface area contributed by atoms with E-state index in [0.29, 0.717) is 13.0 Å². The highest BCUT2D eigenvalue weighted by molar-refractivity contribution is 7.87. The van der Waals surface area contributed by atoms with Gasteiger partial charge in [-0.2, -0.15) is 17.4 Å². The molecule has 1 N–H and O–H groups in total. The summed E-state index contributed by atoms with van der Waals surface area (Å²) in [6.07, 6.45) is 3.98. The lowest BCUT2D eigenvalue weighted by Crippen LogP contribution is -2.48. The fraction of sp³-hybridized carbons (Fsp3) is 0.917. The summed E-state index contributed by atoms with van der Waals surface area (Å²) in [4.78, 5) is 11.3. The molecule has 0 amide bonds. The lowest BCUT2D eigenvalue weighted by atomic mass is 10.1. The Kier molecular flexibility index (Phi) is 5.75. The minimum atomic E-state index is -3.47. The van der Waals surface area contributed by atoms with Crippen LogP contribution in [0.15, 0.2) is 0 Å². The summed E-state index contributed by atoms with van der Waals surface area (Å²) < 4.78 is 28.6. The predicted octanol–water partition coefficient (Wildman–Crippen LogP) is 1.45. The summed E-state index contributed by atoms with van der Waals surface area (Å²) in [5.41, 5.74) is 0. The van der Waals surface area contributed by atoms with Crippen molar-refractivity contribution in [1.29, 1.82) is 0 Å². The SMILES string of the molecule is CC(=O)CC1CCCCCN1S(=O)(=O)NC(C)C. The van der Waals surface area contributed by atoms with E-state index in [1.807, 2.05) is 0 Å². The Morgan fingerprint density at radius 3 is 2.56 bits per heavy atom. The van der Waals surface area contributed by atoms with E-state index in [1.54, 1.807) is 13.8 Å². The molecule has 1 rings (SSSR count). The first-order valence-corrected chi connectivity index (χ1v) is 8.05. The van der Waals surface area contributed by atoms with Crippen molar-refractivity contribution in [3.8, 4) is 0 Å². The number of ketones is 1. The molecule has 1 fully saturated rings.